The number of nitrogens with zero attached hydrogens (tertiary/aromatic N) is 1. The van der Waals surface area contributed by atoms with E-state index in [1.165, 1.54) is 11.1 Å². The van der Waals surface area contributed by atoms with E-state index in [0.29, 0.717) is 24.4 Å². The first kappa shape index (κ1) is 21.8. The van der Waals surface area contributed by atoms with Crippen LogP contribution in [0, 0.1) is 0 Å². The molecule has 0 aromatic heterocycles. The number of carbonyl (C=O) groups is 2. The van der Waals surface area contributed by atoms with Crippen LogP contribution in [0.3, 0.4) is 0 Å². The third-order valence-corrected chi connectivity index (χ3v) is 6.52. The Hall–Kier alpha value is -2.37. The monoisotopic (exact) mass is 439 g/mol. The highest BCUT2D eigenvalue weighted by Crippen LogP contribution is 2.25. The Bertz CT molecular complexity index is 950. The van der Waals surface area contributed by atoms with Crippen molar-refractivity contribution in [1.29, 1.82) is 0 Å². The summed E-state index contributed by atoms with van der Waals surface area (Å²) in [5.41, 5.74) is 3.63. The number of hydrogen-bond donors (Lipinski definition) is 2. The molecule has 2 saturated heterocycles. The lowest BCUT2D eigenvalue weighted by Gasteiger charge is -2.34. The van der Waals surface area contributed by atoms with Crippen molar-refractivity contribution in [2.75, 3.05) is 6.54 Å². The van der Waals surface area contributed by atoms with E-state index in [1.54, 1.807) is 17.0 Å². The molecule has 2 aliphatic rings. The predicted molar refractivity (Wildman–Crippen MR) is 123 cm³/mol. The van der Waals surface area contributed by atoms with Crippen LogP contribution >= 0.6 is 11.6 Å². The zero-order valence-electron chi connectivity index (χ0n) is 18.3. The molecule has 2 heterocycles. The van der Waals surface area contributed by atoms with E-state index in [-0.39, 0.29) is 29.3 Å². The van der Waals surface area contributed by atoms with Gasteiger partial charge in [-0.15, -0.1) is 0 Å². The zero-order chi connectivity index (χ0) is 22.2. The molecule has 2 amide bonds. The highest BCUT2D eigenvalue weighted by atomic mass is 35.5. The Morgan fingerprint density at radius 1 is 1.03 bits per heavy atom. The summed E-state index contributed by atoms with van der Waals surface area (Å²) in [5.74, 6) is -0.0595. The van der Waals surface area contributed by atoms with Gasteiger partial charge >= 0.3 is 0 Å². The quantitative estimate of drug-likeness (QED) is 0.750. The number of nitrogens with one attached hydrogen (secondary N) is 2. The summed E-state index contributed by atoms with van der Waals surface area (Å²) in [4.78, 5) is 27.5. The van der Waals surface area contributed by atoms with Crippen molar-refractivity contribution in [2.24, 2.45) is 0 Å². The fraction of sp³-hybridized carbons (Fsp3) is 0.440. The van der Waals surface area contributed by atoms with Gasteiger partial charge in [-0.1, -0.05) is 68.8 Å². The molecular formula is C25H30ClN3O2. The van der Waals surface area contributed by atoms with E-state index in [2.05, 4.69) is 55.7 Å². The third-order valence-electron chi connectivity index (χ3n) is 6.27. The number of rotatable bonds is 5. The number of halogens is 1. The molecule has 31 heavy (non-hydrogen) atoms. The molecule has 4 rings (SSSR count). The molecule has 0 saturated carbocycles. The van der Waals surface area contributed by atoms with Gasteiger partial charge in [0, 0.05) is 30.6 Å². The number of piperazine rings is 1. The molecule has 6 heteroatoms. The van der Waals surface area contributed by atoms with Gasteiger partial charge in [-0.25, -0.2) is 0 Å². The zero-order valence-corrected chi connectivity index (χ0v) is 19.1. The van der Waals surface area contributed by atoms with Crippen LogP contribution in [-0.4, -0.2) is 41.4 Å². The molecule has 0 unspecified atom stereocenters. The number of fused-ring (bicyclic) bond motifs is 1. The largest absolute Gasteiger partial charge is 0.342 e. The highest BCUT2D eigenvalue weighted by molar-refractivity contribution is 6.30. The van der Waals surface area contributed by atoms with E-state index in [4.69, 9.17) is 11.6 Å². The molecule has 0 spiro atoms. The summed E-state index contributed by atoms with van der Waals surface area (Å²) < 4.78 is 0. The lowest BCUT2D eigenvalue weighted by molar-refractivity contribution is -0.147. The lowest BCUT2D eigenvalue weighted by atomic mass is 9.87. The minimum atomic E-state index is -0.520. The summed E-state index contributed by atoms with van der Waals surface area (Å²) in [5, 5.41) is 7.12. The SMILES string of the molecule is CC(C)(C)c1ccc(CN[C@H]2C[C@H]3C(=O)N[C@@H](Cc4ccc(Cl)cc4)C(=O)N3C2)cc1. The van der Waals surface area contributed by atoms with E-state index in [1.807, 2.05) is 12.1 Å². The molecule has 2 aliphatic heterocycles. The van der Waals surface area contributed by atoms with Crippen molar-refractivity contribution in [1.82, 2.24) is 15.5 Å². The van der Waals surface area contributed by atoms with Crippen LogP contribution in [0.15, 0.2) is 48.5 Å². The molecule has 2 fully saturated rings. The van der Waals surface area contributed by atoms with Crippen LogP contribution in [0.4, 0.5) is 0 Å². The first-order valence-electron chi connectivity index (χ1n) is 10.9. The second-order valence-corrected chi connectivity index (χ2v) is 10.1. The minimum absolute atomic E-state index is 0.00150. The average Bonchev–Trinajstić information content (AvgIpc) is 3.17. The highest BCUT2D eigenvalue weighted by Gasteiger charge is 2.46. The van der Waals surface area contributed by atoms with E-state index in [9.17, 15) is 9.59 Å². The summed E-state index contributed by atoms with van der Waals surface area (Å²) >= 11 is 5.94. The number of carbonyl (C=O) groups excluding carboxylic acids is 2. The Morgan fingerprint density at radius 3 is 2.32 bits per heavy atom. The predicted octanol–water partition coefficient (Wildman–Crippen LogP) is 3.44. The Labute approximate surface area is 189 Å². The summed E-state index contributed by atoms with van der Waals surface area (Å²) in [6, 6.07) is 15.3. The van der Waals surface area contributed by atoms with Crippen LogP contribution in [0.5, 0.6) is 0 Å². The Morgan fingerprint density at radius 2 is 1.68 bits per heavy atom. The van der Waals surface area contributed by atoms with Crippen molar-refractivity contribution in [3.8, 4) is 0 Å². The second kappa shape index (κ2) is 8.64. The van der Waals surface area contributed by atoms with Gasteiger partial charge in [-0.3, -0.25) is 9.59 Å². The second-order valence-electron chi connectivity index (χ2n) is 9.66. The lowest BCUT2D eigenvalue weighted by Crippen LogP contribution is -2.61. The van der Waals surface area contributed by atoms with Crippen LogP contribution in [0.2, 0.25) is 5.02 Å². The fourth-order valence-corrected chi connectivity index (χ4v) is 4.51. The molecule has 2 aromatic rings. The normalized spacial score (nSPS) is 23.6. The molecule has 2 N–H and O–H groups in total. The Kier molecular flexibility index (Phi) is 6.09. The molecule has 0 aliphatic carbocycles. The third kappa shape index (κ3) is 4.94. The van der Waals surface area contributed by atoms with Gasteiger partial charge in [0.25, 0.3) is 0 Å². The van der Waals surface area contributed by atoms with Gasteiger partial charge in [-0.05, 0) is 40.7 Å². The average molecular weight is 440 g/mol. The molecule has 5 nitrogen and oxygen atoms in total. The summed E-state index contributed by atoms with van der Waals surface area (Å²) in [6.07, 6.45) is 1.12. The van der Waals surface area contributed by atoms with Crippen LogP contribution in [0.1, 0.15) is 43.9 Å². The molecule has 164 valence electrons. The fourth-order valence-electron chi connectivity index (χ4n) is 4.39. The van der Waals surface area contributed by atoms with E-state index >= 15 is 0 Å². The van der Waals surface area contributed by atoms with E-state index in [0.717, 1.165) is 12.1 Å². The van der Waals surface area contributed by atoms with E-state index < -0.39 is 6.04 Å². The Balaban J connectivity index is 1.35. The van der Waals surface area contributed by atoms with Gasteiger partial charge in [0.05, 0.1) is 0 Å². The summed E-state index contributed by atoms with van der Waals surface area (Å²) in [6.45, 7) is 7.90. The van der Waals surface area contributed by atoms with Gasteiger partial charge in [0.2, 0.25) is 11.8 Å². The van der Waals surface area contributed by atoms with Crippen molar-refractivity contribution in [3.63, 3.8) is 0 Å². The number of amides is 2. The first-order chi connectivity index (χ1) is 14.7. The van der Waals surface area contributed by atoms with Crippen molar-refractivity contribution in [2.45, 2.75) is 63.7 Å². The van der Waals surface area contributed by atoms with Crippen molar-refractivity contribution >= 4 is 23.4 Å². The van der Waals surface area contributed by atoms with Crippen LogP contribution < -0.4 is 10.6 Å². The molecule has 0 bridgehead atoms. The van der Waals surface area contributed by atoms with Gasteiger partial charge in [-0.2, -0.15) is 0 Å². The maximum atomic E-state index is 13.0. The molecule has 3 atom stereocenters. The molecule has 0 radical (unpaired) electrons. The van der Waals surface area contributed by atoms with Gasteiger partial charge in [0.15, 0.2) is 0 Å². The minimum Gasteiger partial charge on any atom is -0.342 e. The van der Waals surface area contributed by atoms with Crippen molar-refractivity contribution < 1.29 is 9.59 Å². The maximum Gasteiger partial charge on any atom is 0.246 e. The van der Waals surface area contributed by atoms with Crippen LogP contribution in [0.25, 0.3) is 0 Å². The smallest absolute Gasteiger partial charge is 0.246 e. The maximum absolute atomic E-state index is 13.0. The van der Waals surface area contributed by atoms with Gasteiger partial charge in [0.1, 0.15) is 12.1 Å². The number of benzene rings is 2. The first-order valence-corrected chi connectivity index (χ1v) is 11.3. The molecule has 2 aromatic carbocycles. The topological polar surface area (TPSA) is 61.4 Å². The number of hydrogen-bond acceptors (Lipinski definition) is 3. The standard InChI is InChI=1S/C25H30ClN3O2/c1-25(2,3)18-8-4-17(5-9-18)14-27-20-13-22-23(30)28-21(24(31)29(22)15-20)12-16-6-10-19(26)11-7-16/h4-11,20-22,27H,12-15H2,1-3H3,(H,28,30)/t20-,21-,22-/m0/s1. The summed E-state index contributed by atoms with van der Waals surface area (Å²) in [7, 11) is 0. The van der Waals surface area contributed by atoms with Crippen molar-refractivity contribution in [3.05, 3.63) is 70.2 Å². The molecular weight excluding hydrogens is 410 g/mol. The van der Waals surface area contributed by atoms with Gasteiger partial charge < -0.3 is 15.5 Å². The van der Waals surface area contributed by atoms with Crippen LogP contribution in [-0.2, 0) is 28.0 Å².